The van der Waals surface area contributed by atoms with Gasteiger partial charge in [0.25, 0.3) is 0 Å². The van der Waals surface area contributed by atoms with E-state index in [4.69, 9.17) is 21.1 Å². The van der Waals surface area contributed by atoms with Crippen molar-refractivity contribution in [1.82, 2.24) is 19.9 Å². The molecule has 0 spiro atoms. The average Bonchev–Trinajstić information content (AvgIpc) is 3.29. The van der Waals surface area contributed by atoms with Gasteiger partial charge in [-0.2, -0.15) is 0 Å². The van der Waals surface area contributed by atoms with Crippen molar-refractivity contribution in [3.8, 4) is 17.0 Å². The molecular formula is C24H21ClFN5O4S2. The number of fused-ring (bicyclic) bond motifs is 3. The van der Waals surface area contributed by atoms with Gasteiger partial charge in [-0.05, 0) is 12.1 Å². The van der Waals surface area contributed by atoms with Crippen molar-refractivity contribution in [3.05, 3.63) is 53.1 Å². The van der Waals surface area contributed by atoms with Crippen LogP contribution < -0.4 is 9.64 Å². The predicted molar refractivity (Wildman–Crippen MR) is 137 cm³/mol. The molecule has 13 heteroatoms. The molecule has 2 unspecified atom stereocenters. The zero-order chi connectivity index (χ0) is 25.7. The summed E-state index contributed by atoms with van der Waals surface area (Å²) >= 11 is 7.30. The summed E-state index contributed by atoms with van der Waals surface area (Å²) in [6.45, 7) is 2.38. The van der Waals surface area contributed by atoms with Crippen LogP contribution in [0.15, 0.2) is 47.2 Å². The van der Waals surface area contributed by atoms with E-state index < -0.39 is 15.7 Å². The Bertz CT molecular complexity index is 1570. The standard InChI is InChI=1S/C24H21ClFN5O4S2/c1-37(32,33)16-2-3-17(19(26)4-16)18-11-36-22-20(18)29-12-30-23(22)35-21-13-7-31(8-14(21)10-34-9-13)24-27-5-15(25)6-28-24/h2-6,11-14,21H,7-10H2,1H3. The van der Waals surface area contributed by atoms with Crippen molar-refractivity contribution in [2.24, 2.45) is 11.8 Å². The zero-order valence-electron chi connectivity index (χ0n) is 19.5. The lowest BCUT2D eigenvalue weighted by molar-refractivity contribution is -0.0764. The minimum atomic E-state index is -3.52. The predicted octanol–water partition coefficient (Wildman–Crippen LogP) is 3.87. The molecule has 6 rings (SSSR count). The molecule has 9 nitrogen and oxygen atoms in total. The van der Waals surface area contributed by atoms with Crippen LogP contribution >= 0.6 is 22.9 Å². The number of ether oxygens (including phenoxy) is 2. The molecule has 1 aromatic carbocycles. The van der Waals surface area contributed by atoms with Gasteiger partial charge in [-0.15, -0.1) is 11.3 Å². The van der Waals surface area contributed by atoms with E-state index in [-0.39, 0.29) is 28.4 Å². The second-order valence-electron chi connectivity index (χ2n) is 9.17. The van der Waals surface area contributed by atoms with Crippen molar-refractivity contribution in [2.75, 3.05) is 37.5 Å². The number of hydrogen-bond acceptors (Lipinski definition) is 10. The molecule has 2 atom stereocenters. The first-order chi connectivity index (χ1) is 17.8. The number of nitrogens with zero attached hydrogens (tertiary/aromatic N) is 5. The van der Waals surface area contributed by atoms with Crippen molar-refractivity contribution in [1.29, 1.82) is 0 Å². The highest BCUT2D eigenvalue weighted by molar-refractivity contribution is 7.90. The van der Waals surface area contributed by atoms with Gasteiger partial charge in [0.2, 0.25) is 11.8 Å². The minimum absolute atomic E-state index is 0.0669. The van der Waals surface area contributed by atoms with Crippen LogP contribution in [-0.2, 0) is 14.6 Å². The number of sulfone groups is 1. The molecule has 0 saturated carbocycles. The molecule has 2 saturated heterocycles. The van der Waals surface area contributed by atoms with Crippen LogP contribution in [0.1, 0.15) is 0 Å². The van der Waals surface area contributed by atoms with Gasteiger partial charge in [0.15, 0.2) is 9.84 Å². The molecule has 0 radical (unpaired) electrons. The molecule has 2 aliphatic rings. The van der Waals surface area contributed by atoms with E-state index in [0.717, 1.165) is 12.3 Å². The maximum Gasteiger partial charge on any atom is 0.235 e. The fourth-order valence-corrected chi connectivity index (χ4v) is 6.58. The third-order valence-electron chi connectivity index (χ3n) is 6.62. The summed E-state index contributed by atoms with van der Waals surface area (Å²) in [6.07, 6.45) is 5.49. The van der Waals surface area contributed by atoms with E-state index in [2.05, 4.69) is 24.8 Å². The molecule has 0 aliphatic carbocycles. The second-order valence-corrected chi connectivity index (χ2v) is 12.5. The van der Waals surface area contributed by atoms with Crippen LogP contribution in [0.2, 0.25) is 5.02 Å². The Kier molecular flexibility index (Phi) is 6.22. The average molecular weight is 562 g/mol. The number of rotatable bonds is 5. The van der Waals surface area contributed by atoms with Crippen molar-refractivity contribution >= 4 is 48.9 Å². The Hall–Kier alpha value is -2.93. The maximum atomic E-state index is 14.9. The smallest absolute Gasteiger partial charge is 0.235 e. The van der Waals surface area contributed by atoms with E-state index in [9.17, 15) is 12.8 Å². The molecular weight excluding hydrogens is 541 g/mol. The highest BCUT2D eigenvalue weighted by Crippen LogP contribution is 2.40. The van der Waals surface area contributed by atoms with Gasteiger partial charge >= 0.3 is 0 Å². The summed E-state index contributed by atoms with van der Waals surface area (Å²) in [5, 5.41) is 2.27. The highest BCUT2D eigenvalue weighted by Gasteiger charge is 2.43. The van der Waals surface area contributed by atoms with Gasteiger partial charge in [-0.25, -0.2) is 32.7 Å². The third-order valence-corrected chi connectivity index (χ3v) is 8.88. The van der Waals surface area contributed by atoms with Crippen LogP contribution in [0.4, 0.5) is 10.3 Å². The van der Waals surface area contributed by atoms with E-state index in [1.54, 1.807) is 17.8 Å². The fraction of sp³-hybridized carbons (Fsp3) is 0.333. The molecule has 2 aliphatic heterocycles. The normalized spacial score (nSPS) is 21.8. The second kappa shape index (κ2) is 9.43. The Morgan fingerprint density at radius 3 is 2.51 bits per heavy atom. The lowest BCUT2D eigenvalue weighted by Crippen LogP contribution is -2.58. The minimum Gasteiger partial charge on any atom is -0.472 e. The first-order valence-electron chi connectivity index (χ1n) is 11.5. The summed E-state index contributed by atoms with van der Waals surface area (Å²) in [4.78, 5) is 19.5. The Morgan fingerprint density at radius 2 is 1.84 bits per heavy atom. The van der Waals surface area contributed by atoms with Crippen LogP contribution in [0.25, 0.3) is 21.3 Å². The van der Waals surface area contributed by atoms with Crippen molar-refractivity contribution in [2.45, 2.75) is 11.0 Å². The van der Waals surface area contributed by atoms with Crippen LogP contribution in [0.3, 0.4) is 0 Å². The number of thiophene rings is 1. The number of halogens is 2. The quantitative estimate of drug-likeness (QED) is 0.359. The summed E-state index contributed by atoms with van der Waals surface area (Å²) in [7, 11) is -3.52. The van der Waals surface area contributed by atoms with Crippen LogP contribution in [0.5, 0.6) is 5.88 Å². The number of anilines is 1. The molecule has 0 amide bonds. The summed E-state index contributed by atoms with van der Waals surface area (Å²) in [6, 6.07) is 3.90. The van der Waals surface area contributed by atoms with E-state index >= 15 is 0 Å². The number of piperidine rings is 1. The lowest BCUT2D eigenvalue weighted by atomic mass is 9.84. The highest BCUT2D eigenvalue weighted by atomic mass is 35.5. The molecule has 2 bridgehead atoms. The van der Waals surface area contributed by atoms with Gasteiger partial charge < -0.3 is 14.4 Å². The molecule has 5 heterocycles. The van der Waals surface area contributed by atoms with E-state index in [1.165, 1.54) is 29.8 Å². The molecule has 0 N–H and O–H groups in total. The molecule has 4 aromatic rings. The Morgan fingerprint density at radius 1 is 1.11 bits per heavy atom. The van der Waals surface area contributed by atoms with Crippen LogP contribution in [-0.4, -0.2) is 67.0 Å². The first kappa shape index (κ1) is 24.4. The van der Waals surface area contributed by atoms with Gasteiger partial charge in [-0.3, -0.25) is 0 Å². The third kappa shape index (κ3) is 4.63. The van der Waals surface area contributed by atoms with E-state index in [0.29, 0.717) is 58.9 Å². The first-order valence-corrected chi connectivity index (χ1v) is 14.6. The monoisotopic (exact) mass is 561 g/mol. The number of aromatic nitrogens is 4. The molecule has 2 fully saturated rings. The molecule has 37 heavy (non-hydrogen) atoms. The topological polar surface area (TPSA) is 107 Å². The Labute approximate surface area is 221 Å². The Balaban J connectivity index is 1.28. The molecule has 3 aromatic heterocycles. The summed E-state index contributed by atoms with van der Waals surface area (Å²) < 4.78 is 51.6. The SMILES string of the molecule is CS(=O)(=O)c1ccc(-c2csc3c(OC4C5COCC4CN(c4ncc(Cl)cn4)C5)ncnc23)c(F)c1. The number of hydrogen-bond donors (Lipinski definition) is 0. The van der Waals surface area contributed by atoms with E-state index in [1.807, 2.05) is 0 Å². The van der Waals surface area contributed by atoms with Crippen molar-refractivity contribution in [3.63, 3.8) is 0 Å². The summed E-state index contributed by atoms with van der Waals surface area (Å²) in [5.41, 5.74) is 1.38. The van der Waals surface area contributed by atoms with Crippen molar-refractivity contribution < 1.29 is 22.3 Å². The zero-order valence-corrected chi connectivity index (χ0v) is 21.9. The van der Waals surface area contributed by atoms with Gasteiger partial charge in [0.05, 0.1) is 41.0 Å². The van der Waals surface area contributed by atoms with Gasteiger partial charge in [-0.1, -0.05) is 17.7 Å². The largest absolute Gasteiger partial charge is 0.472 e. The van der Waals surface area contributed by atoms with Gasteiger partial charge in [0, 0.05) is 47.7 Å². The lowest BCUT2D eigenvalue weighted by Gasteiger charge is -2.46. The summed E-state index contributed by atoms with van der Waals surface area (Å²) in [5.74, 6) is 0.560. The fourth-order valence-electron chi connectivity index (χ4n) is 4.90. The molecule has 192 valence electrons. The van der Waals surface area contributed by atoms with Gasteiger partial charge in [0.1, 0.15) is 22.9 Å². The number of benzene rings is 1. The van der Waals surface area contributed by atoms with Crippen LogP contribution in [0, 0.1) is 17.7 Å². The maximum absolute atomic E-state index is 14.9.